The summed E-state index contributed by atoms with van der Waals surface area (Å²) in [5.74, 6) is 1.07. The van der Waals surface area contributed by atoms with Crippen molar-refractivity contribution in [1.82, 2.24) is 29.3 Å². The number of aromatic nitrogens is 5. The molecule has 2 aromatic heterocycles. The SMILES string of the molecule is COc1ccc(S(=O)(=O)N2CCC(c3nc4c(nnn4Cc4ccccc4)c(=O)[nH]3)CC2)cc1. The van der Waals surface area contributed by atoms with Crippen molar-refractivity contribution in [2.24, 2.45) is 0 Å². The van der Waals surface area contributed by atoms with Crippen molar-refractivity contribution < 1.29 is 13.2 Å². The molecule has 1 N–H and O–H groups in total. The molecular formula is C23H24N6O4S. The molecule has 10 nitrogen and oxygen atoms in total. The molecule has 0 atom stereocenters. The summed E-state index contributed by atoms with van der Waals surface area (Å²) in [7, 11) is -2.07. The van der Waals surface area contributed by atoms with Gasteiger partial charge in [-0.15, -0.1) is 5.10 Å². The zero-order valence-corrected chi connectivity index (χ0v) is 19.4. The predicted molar refractivity (Wildman–Crippen MR) is 125 cm³/mol. The Morgan fingerprint density at radius 2 is 1.76 bits per heavy atom. The van der Waals surface area contributed by atoms with E-state index in [0.29, 0.717) is 49.7 Å². The van der Waals surface area contributed by atoms with Crippen LogP contribution in [0.15, 0.2) is 64.3 Å². The Morgan fingerprint density at radius 1 is 1.06 bits per heavy atom. The summed E-state index contributed by atoms with van der Waals surface area (Å²) in [6.07, 6.45) is 1.09. The second-order valence-corrected chi connectivity index (χ2v) is 10.1. The first kappa shape index (κ1) is 22.2. The summed E-state index contributed by atoms with van der Waals surface area (Å²) in [5, 5.41) is 8.12. The minimum atomic E-state index is -3.61. The monoisotopic (exact) mass is 480 g/mol. The molecule has 1 aliphatic heterocycles. The molecule has 34 heavy (non-hydrogen) atoms. The topological polar surface area (TPSA) is 123 Å². The highest BCUT2D eigenvalue weighted by Crippen LogP contribution is 2.29. The third-order valence-electron chi connectivity index (χ3n) is 6.11. The highest BCUT2D eigenvalue weighted by Gasteiger charge is 2.31. The molecule has 4 aromatic rings. The number of benzene rings is 2. The smallest absolute Gasteiger partial charge is 0.281 e. The first-order valence-corrected chi connectivity index (χ1v) is 12.4. The average Bonchev–Trinajstić information content (AvgIpc) is 3.28. The van der Waals surface area contributed by atoms with Crippen LogP contribution in [0.25, 0.3) is 11.2 Å². The molecule has 176 valence electrons. The molecule has 0 bridgehead atoms. The molecule has 0 spiro atoms. The Kier molecular flexibility index (Phi) is 5.88. The molecule has 0 saturated carbocycles. The summed E-state index contributed by atoms with van der Waals surface area (Å²) in [4.78, 5) is 20.4. The Labute approximate surface area is 196 Å². The number of nitrogens with zero attached hydrogens (tertiary/aromatic N) is 5. The summed E-state index contributed by atoms with van der Waals surface area (Å²) in [6, 6.07) is 16.1. The first-order valence-electron chi connectivity index (χ1n) is 11.0. The predicted octanol–water partition coefficient (Wildman–Crippen LogP) is 2.14. The maximum absolute atomic E-state index is 13.0. The van der Waals surface area contributed by atoms with Crippen LogP contribution < -0.4 is 10.3 Å². The van der Waals surface area contributed by atoms with Crippen LogP contribution in [0.3, 0.4) is 0 Å². The van der Waals surface area contributed by atoms with E-state index in [2.05, 4.69) is 20.3 Å². The molecule has 1 aliphatic rings. The van der Waals surface area contributed by atoms with Gasteiger partial charge in [0.25, 0.3) is 5.56 Å². The third-order valence-corrected chi connectivity index (χ3v) is 8.02. The quantitative estimate of drug-likeness (QED) is 0.448. The van der Waals surface area contributed by atoms with E-state index in [-0.39, 0.29) is 21.9 Å². The second kappa shape index (κ2) is 8.99. The van der Waals surface area contributed by atoms with E-state index in [4.69, 9.17) is 4.74 Å². The number of methoxy groups -OCH3 is 1. The Balaban J connectivity index is 1.35. The number of ether oxygens (including phenoxy) is 1. The van der Waals surface area contributed by atoms with Crippen LogP contribution in [0.4, 0.5) is 0 Å². The molecule has 0 aliphatic carbocycles. The van der Waals surface area contributed by atoms with Crippen LogP contribution in [-0.4, -0.2) is 57.9 Å². The Morgan fingerprint density at radius 3 is 2.44 bits per heavy atom. The number of hydrogen-bond donors (Lipinski definition) is 1. The van der Waals surface area contributed by atoms with Crippen LogP contribution in [0.1, 0.15) is 30.1 Å². The van der Waals surface area contributed by atoms with Gasteiger partial charge in [0.1, 0.15) is 11.6 Å². The van der Waals surface area contributed by atoms with Gasteiger partial charge in [0.05, 0.1) is 18.6 Å². The molecule has 1 saturated heterocycles. The van der Waals surface area contributed by atoms with Gasteiger partial charge in [0.2, 0.25) is 10.0 Å². The standard InChI is InChI=1S/C23H24N6O4S/c1-33-18-7-9-19(10-8-18)34(31,32)28-13-11-17(12-14-28)21-24-22-20(23(30)25-21)26-27-29(22)15-16-5-3-2-4-6-16/h2-10,17H,11-15H2,1H3,(H,24,25,30). The van der Waals surface area contributed by atoms with Crippen LogP contribution >= 0.6 is 0 Å². The lowest BCUT2D eigenvalue weighted by Gasteiger charge is -2.30. The largest absolute Gasteiger partial charge is 0.497 e. The van der Waals surface area contributed by atoms with Gasteiger partial charge < -0.3 is 9.72 Å². The van der Waals surface area contributed by atoms with E-state index in [0.717, 1.165) is 5.56 Å². The van der Waals surface area contributed by atoms with E-state index < -0.39 is 10.0 Å². The van der Waals surface area contributed by atoms with Gasteiger partial charge in [-0.05, 0) is 42.7 Å². The molecule has 0 radical (unpaired) electrons. The molecule has 0 unspecified atom stereocenters. The highest BCUT2D eigenvalue weighted by molar-refractivity contribution is 7.89. The van der Waals surface area contributed by atoms with E-state index in [9.17, 15) is 13.2 Å². The number of H-pyrrole nitrogens is 1. The van der Waals surface area contributed by atoms with Crippen molar-refractivity contribution in [2.75, 3.05) is 20.2 Å². The van der Waals surface area contributed by atoms with Gasteiger partial charge in [-0.25, -0.2) is 18.1 Å². The zero-order chi connectivity index (χ0) is 23.7. The Hall–Kier alpha value is -3.57. The molecular weight excluding hydrogens is 456 g/mol. The van der Waals surface area contributed by atoms with Crippen molar-refractivity contribution in [3.8, 4) is 5.75 Å². The summed E-state index contributed by atoms with van der Waals surface area (Å²) in [5.41, 5.74) is 1.30. The second-order valence-electron chi connectivity index (χ2n) is 8.21. The van der Waals surface area contributed by atoms with Crippen LogP contribution in [0, 0.1) is 0 Å². The molecule has 3 heterocycles. The van der Waals surface area contributed by atoms with Gasteiger partial charge in [-0.1, -0.05) is 35.5 Å². The summed E-state index contributed by atoms with van der Waals surface area (Å²) < 4.78 is 34.3. The lowest BCUT2D eigenvalue weighted by atomic mass is 9.97. The fraction of sp³-hybridized carbons (Fsp3) is 0.304. The fourth-order valence-electron chi connectivity index (χ4n) is 4.21. The highest BCUT2D eigenvalue weighted by atomic mass is 32.2. The lowest BCUT2D eigenvalue weighted by Crippen LogP contribution is -2.38. The molecule has 2 aromatic carbocycles. The first-order chi connectivity index (χ1) is 16.5. The zero-order valence-electron chi connectivity index (χ0n) is 18.6. The molecule has 0 amide bonds. The number of piperidine rings is 1. The van der Waals surface area contributed by atoms with E-state index >= 15 is 0 Å². The minimum Gasteiger partial charge on any atom is -0.497 e. The number of nitrogens with one attached hydrogen (secondary N) is 1. The van der Waals surface area contributed by atoms with Gasteiger partial charge in [0.15, 0.2) is 11.2 Å². The van der Waals surface area contributed by atoms with Crippen LogP contribution in [0.2, 0.25) is 0 Å². The van der Waals surface area contributed by atoms with Gasteiger partial charge in [-0.3, -0.25) is 4.79 Å². The van der Waals surface area contributed by atoms with Crippen molar-refractivity contribution in [3.05, 3.63) is 76.3 Å². The van der Waals surface area contributed by atoms with Gasteiger partial charge in [-0.2, -0.15) is 4.31 Å². The number of sulfonamides is 1. The summed E-state index contributed by atoms with van der Waals surface area (Å²) in [6.45, 7) is 1.12. The minimum absolute atomic E-state index is 0.0699. The van der Waals surface area contributed by atoms with Gasteiger partial charge >= 0.3 is 0 Å². The van der Waals surface area contributed by atoms with Crippen molar-refractivity contribution in [1.29, 1.82) is 0 Å². The lowest BCUT2D eigenvalue weighted by molar-refractivity contribution is 0.313. The maximum atomic E-state index is 13.0. The van der Waals surface area contributed by atoms with Crippen molar-refractivity contribution in [3.63, 3.8) is 0 Å². The van der Waals surface area contributed by atoms with Crippen LogP contribution in [-0.2, 0) is 16.6 Å². The molecule has 11 heteroatoms. The number of rotatable bonds is 6. The van der Waals surface area contributed by atoms with Crippen molar-refractivity contribution >= 4 is 21.2 Å². The number of aromatic amines is 1. The normalized spacial score (nSPS) is 15.6. The fourth-order valence-corrected chi connectivity index (χ4v) is 5.68. The molecule has 1 fully saturated rings. The molecule has 5 rings (SSSR count). The Bertz CT molecular complexity index is 1460. The van der Waals surface area contributed by atoms with Crippen LogP contribution in [0.5, 0.6) is 5.75 Å². The number of hydrogen-bond acceptors (Lipinski definition) is 7. The maximum Gasteiger partial charge on any atom is 0.281 e. The third kappa shape index (κ3) is 4.19. The van der Waals surface area contributed by atoms with Gasteiger partial charge in [0, 0.05) is 19.0 Å². The van der Waals surface area contributed by atoms with E-state index in [1.807, 2.05) is 30.3 Å². The van der Waals surface area contributed by atoms with Crippen molar-refractivity contribution in [2.45, 2.75) is 30.2 Å². The average molecular weight is 481 g/mol. The van der Waals surface area contributed by atoms with E-state index in [1.165, 1.54) is 11.4 Å². The van der Waals surface area contributed by atoms with E-state index in [1.54, 1.807) is 28.9 Å². The number of fused-ring (bicyclic) bond motifs is 1. The summed E-state index contributed by atoms with van der Waals surface area (Å²) >= 11 is 0.